The highest BCUT2D eigenvalue weighted by Crippen LogP contribution is 2.14. The molecule has 0 aliphatic rings. The molecule has 5 amide bonds. The molecule has 0 spiro atoms. The average Bonchev–Trinajstić information content (AvgIpc) is 3.16. The van der Waals surface area contributed by atoms with E-state index >= 15 is 0 Å². The zero-order valence-corrected chi connectivity index (χ0v) is 38.2. The molecule has 0 aliphatic heterocycles. The topological polar surface area (TPSA) is 216 Å². The zero-order valence-electron chi connectivity index (χ0n) is 38.2. The fourth-order valence-electron chi connectivity index (χ4n) is 5.37. The summed E-state index contributed by atoms with van der Waals surface area (Å²) in [5.41, 5.74) is -0.174. The Kier molecular flexibility index (Phi) is 23.2. The van der Waals surface area contributed by atoms with Crippen LogP contribution in [0.5, 0.6) is 5.75 Å². The van der Waals surface area contributed by atoms with E-state index in [-0.39, 0.29) is 25.0 Å². The predicted molar refractivity (Wildman–Crippen MR) is 238 cm³/mol. The highest BCUT2D eigenvalue weighted by Gasteiger charge is 2.24. The Morgan fingerprint density at radius 3 is 1.87 bits per heavy atom. The van der Waals surface area contributed by atoms with Crippen molar-refractivity contribution in [2.75, 3.05) is 39.3 Å². The molecule has 6 N–H and O–H groups in total. The van der Waals surface area contributed by atoms with Crippen molar-refractivity contribution < 1.29 is 47.7 Å². The van der Waals surface area contributed by atoms with Crippen molar-refractivity contribution >= 4 is 36.2 Å². The molecule has 0 saturated heterocycles. The number of aryl methyl sites for hydroxylation is 1. The van der Waals surface area contributed by atoms with Gasteiger partial charge < -0.3 is 50.3 Å². The molecule has 0 radical (unpaired) electrons. The number of alkyl carbamates (subject to hydrolysis) is 3. The summed E-state index contributed by atoms with van der Waals surface area (Å²) >= 11 is 0. The number of benzene rings is 2. The quantitative estimate of drug-likeness (QED) is 0.0309. The van der Waals surface area contributed by atoms with E-state index in [1.54, 1.807) is 62.3 Å². The average molecular weight is 870 g/mol. The van der Waals surface area contributed by atoms with Crippen LogP contribution in [-0.2, 0) is 36.8 Å². The molecule has 0 aliphatic carbocycles. The highest BCUT2D eigenvalue weighted by molar-refractivity contribution is 5.98. The molecule has 2 aromatic carbocycles. The van der Waals surface area contributed by atoms with E-state index in [0.29, 0.717) is 58.5 Å². The Morgan fingerprint density at radius 2 is 1.21 bits per heavy atom. The normalized spacial score (nSPS) is 12.3. The third-order valence-electron chi connectivity index (χ3n) is 8.11. The molecule has 1 atom stereocenters. The van der Waals surface area contributed by atoms with Gasteiger partial charge in [0.1, 0.15) is 41.8 Å². The minimum Gasteiger partial charge on any atom is -0.492 e. The van der Waals surface area contributed by atoms with Crippen molar-refractivity contribution in [1.29, 1.82) is 0 Å². The third kappa shape index (κ3) is 27.3. The summed E-state index contributed by atoms with van der Waals surface area (Å²) in [5, 5.41) is 17.0. The van der Waals surface area contributed by atoms with Gasteiger partial charge in [0.05, 0.1) is 0 Å². The van der Waals surface area contributed by atoms with Crippen LogP contribution >= 0.6 is 0 Å². The first-order valence-corrected chi connectivity index (χ1v) is 21.4. The lowest BCUT2D eigenvalue weighted by Crippen LogP contribution is -2.48. The predicted octanol–water partition coefficient (Wildman–Crippen LogP) is 6.88. The molecule has 17 nitrogen and oxygen atoms in total. The van der Waals surface area contributed by atoms with Gasteiger partial charge in [-0.1, -0.05) is 42.5 Å². The Balaban J connectivity index is 1.70. The van der Waals surface area contributed by atoms with E-state index in [1.165, 1.54) is 5.56 Å². The maximum absolute atomic E-state index is 13.2. The molecule has 2 aromatic rings. The van der Waals surface area contributed by atoms with Crippen molar-refractivity contribution in [3.05, 3.63) is 65.7 Å². The summed E-state index contributed by atoms with van der Waals surface area (Å²) in [5.74, 6) is 0.292. The van der Waals surface area contributed by atoms with Gasteiger partial charge in [0, 0.05) is 26.2 Å². The molecule has 0 bridgehead atoms. The van der Waals surface area contributed by atoms with Crippen LogP contribution in [0.3, 0.4) is 0 Å². The Hall–Kier alpha value is -5.58. The van der Waals surface area contributed by atoms with E-state index in [0.717, 1.165) is 30.6 Å². The van der Waals surface area contributed by atoms with Crippen LogP contribution in [0.4, 0.5) is 19.2 Å². The molecule has 2 rings (SSSR count). The minimum atomic E-state index is -0.893. The van der Waals surface area contributed by atoms with Gasteiger partial charge in [0.25, 0.3) is 0 Å². The van der Waals surface area contributed by atoms with Crippen molar-refractivity contribution in [2.45, 2.75) is 137 Å². The van der Waals surface area contributed by atoms with Crippen LogP contribution in [0, 0.1) is 0 Å². The molecule has 17 heteroatoms. The Bertz CT molecular complexity index is 1690. The summed E-state index contributed by atoms with van der Waals surface area (Å²) in [6.07, 6.45) is 1.78. The van der Waals surface area contributed by atoms with E-state index in [9.17, 15) is 24.0 Å². The number of ether oxygens (including phenoxy) is 5. The Labute approximate surface area is 367 Å². The second-order valence-electron chi connectivity index (χ2n) is 17.5. The molecule has 0 saturated carbocycles. The van der Waals surface area contributed by atoms with Crippen molar-refractivity contribution in [3.8, 4) is 5.75 Å². The summed E-state index contributed by atoms with van der Waals surface area (Å²) in [4.78, 5) is 66.3. The van der Waals surface area contributed by atoms with Gasteiger partial charge in [0.15, 0.2) is 0 Å². The summed E-state index contributed by atoms with van der Waals surface area (Å²) in [6, 6.07) is 16.7. The number of amides is 5. The first-order valence-electron chi connectivity index (χ1n) is 21.4. The smallest absolute Gasteiger partial charge is 0.437 e. The molecular weight excluding hydrogens is 799 g/mol. The lowest BCUT2D eigenvalue weighted by Gasteiger charge is -2.23. The van der Waals surface area contributed by atoms with Crippen molar-refractivity contribution in [3.63, 3.8) is 0 Å². The van der Waals surface area contributed by atoms with Gasteiger partial charge in [0.2, 0.25) is 11.9 Å². The van der Waals surface area contributed by atoms with Crippen LogP contribution in [0.15, 0.2) is 59.6 Å². The van der Waals surface area contributed by atoms with Gasteiger partial charge in [-0.15, -0.1) is 4.99 Å². The molecule has 62 heavy (non-hydrogen) atoms. The number of guanidine groups is 1. The molecule has 0 fully saturated rings. The first kappa shape index (κ1) is 52.6. The van der Waals surface area contributed by atoms with E-state index in [4.69, 9.17) is 23.7 Å². The summed E-state index contributed by atoms with van der Waals surface area (Å²) in [6.45, 7) is 18.6. The lowest BCUT2D eigenvalue weighted by atomic mass is 10.1. The highest BCUT2D eigenvalue weighted by atomic mass is 16.6. The van der Waals surface area contributed by atoms with Gasteiger partial charge in [-0.25, -0.2) is 19.2 Å². The summed E-state index contributed by atoms with van der Waals surface area (Å²) in [7, 11) is 0. The van der Waals surface area contributed by atoms with Gasteiger partial charge in [-0.05, 0) is 137 Å². The maximum Gasteiger partial charge on any atom is 0.437 e. The number of carbonyl (C=O) groups is 5. The SMILES string of the molecule is CC(C)(C)OC(=O)/N=C(\NCCCC[C@H](NC(=O)OC(C)(C)C)C(=O)NCCCNCCOc1ccc(CCCCNC(=O)OCc2ccccc2)cc1)NC(=O)OC(C)(C)C. The van der Waals surface area contributed by atoms with E-state index in [2.05, 4.69) is 36.9 Å². The minimum absolute atomic E-state index is 0.140. The molecule has 0 heterocycles. The van der Waals surface area contributed by atoms with Crippen LogP contribution in [0.1, 0.15) is 112 Å². The van der Waals surface area contributed by atoms with Crippen molar-refractivity contribution in [2.24, 2.45) is 4.99 Å². The first-order chi connectivity index (χ1) is 29.2. The monoisotopic (exact) mass is 870 g/mol. The van der Waals surface area contributed by atoms with Crippen LogP contribution in [0.2, 0.25) is 0 Å². The zero-order chi connectivity index (χ0) is 46.0. The van der Waals surface area contributed by atoms with Crippen LogP contribution < -0.4 is 36.6 Å². The fraction of sp³-hybridized carbons (Fsp3) is 0.600. The number of unbranched alkanes of at least 4 members (excludes halogenated alkanes) is 2. The molecule has 0 unspecified atom stereocenters. The van der Waals surface area contributed by atoms with Crippen LogP contribution in [0.25, 0.3) is 0 Å². The standard InChI is InChI=1S/C45H71N7O10/c1-43(2,3)60-40(55)50-36(21-14-16-27-48-38(51-41(56)61-44(4,5)6)52-42(57)62-45(7,8)9)37(53)47-29-17-26-46-30-31-58-35-24-22-33(23-25-35)18-13-15-28-49-39(54)59-32-34-19-11-10-12-20-34/h10-12,19-20,22-25,36,46H,13-18,21,26-32H2,1-9H3,(H,47,53)(H,49,54)(H,50,55)(H2,48,51,52,56,57)/t36-/m0/s1. The van der Waals surface area contributed by atoms with Gasteiger partial charge in [-0.2, -0.15) is 0 Å². The molecule has 346 valence electrons. The largest absolute Gasteiger partial charge is 0.492 e. The lowest BCUT2D eigenvalue weighted by molar-refractivity contribution is -0.123. The van der Waals surface area contributed by atoms with E-state index in [1.807, 2.05) is 54.6 Å². The third-order valence-corrected chi connectivity index (χ3v) is 8.11. The number of hydrogen-bond donors (Lipinski definition) is 6. The molecular formula is C45H71N7O10. The number of nitrogens with one attached hydrogen (secondary N) is 6. The Morgan fingerprint density at radius 1 is 0.597 bits per heavy atom. The number of carbonyl (C=O) groups excluding carboxylic acids is 5. The van der Waals surface area contributed by atoms with Gasteiger partial charge in [-0.3, -0.25) is 10.1 Å². The van der Waals surface area contributed by atoms with Crippen LogP contribution in [-0.4, -0.2) is 98.4 Å². The second-order valence-corrected chi connectivity index (χ2v) is 17.5. The van der Waals surface area contributed by atoms with Gasteiger partial charge >= 0.3 is 24.4 Å². The second kappa shape index (κ2) is 27.4. The number of hydrogen-bond acceptors (Lipinski definition) is 11. The molecule has 0 aromatic heterocycles. The summed E-state index contributed by atoms with van der Waals surface area (Å²) < 4.78 is 27.0. The number of aliphatic imine (C=N–C) groups is 1. The number of rotatable bonds is 22. The fourth-order valence-corrected chi connectivity index (χ4v) is 5.37. The number of nitrogens with zero attached hydrogens (tertiary/aromatic N) is 1. The van der Waals surface area contributed by atoms with Crippen molar-refractivity contribution in [1.82, 2.24) is 31.9 Å². The van der Waals surface area contributed by atoms with E-state index < -0.39 is 47.2 Å². The maximum atomic E-state index is 13.2.